The van der Waals surface area contributed by atoms with Crippen molar-refractivity contribution in [1.29, 1.82) is 0 Å². The molecule has 3 rings (SSSR count). The first-order valence-corrected chi connectivity index (χ1v) is 8.76. The van der Waals surface area contributed by atoms with Crippen LogP contribution in [0, 0.1) is 0 Å². The van der Waals surface area contributed by atoms with Crippen LogP contribution < -0.4 is 16.4 Å². The van der Waals surface area contributed by atoms with Crippen LogP contribution in [-0.4, -0.2) is 19.0 Å². The van der Waals surface area contributed by atoms with E-state index in [4.69, 9.17) is 10.5 Å². The first-order valence-electron chi connectivity index (χ1n) is 8.76. The van der Waals surface area contributed by atoms with Crippen LogP contribution >= 0.6 is 0 Å². The van der Waals surface area contributed by atoms with Crippen LogP contribution in [0.1, 0.15) is 15.9 Å². The van der Waals surface area contributed by atoms with Crippen LogP contribution in [0.5, 0.6) is 0 Å². The third-order valence-electron chi connectivity index (χ3n) is 4.20. The van der Waals surface area contributed by atoms with Crippen molar-refractivity contribution < 1.29 is 14.3 Å². The largest absolute Gasteiger partial charge is 0.445 e. The summed E-state index contributed by atoms with van der Waals surface area (Å²) in [5.41, 5.74) is 10.3. The number of carbonyl (C=O) groups excluding carboxylic acids is 2. The molecule has 0 aliphatic carbocycles. The van der Waals surface area contributed by atoms with E-state index in [9.17, 15) is 9.59 Å². The van der Waals surface area contributed by atoms with Crippen LogP contribution in [-0.2, 0) is 11.3 Å². The van der Waals surface area contributed by atoms with E-state index in [1.807, 2.05) is 42.5 Å². The summed E-state index contributed by atoms with van der Waals surface area (Å²) in [6.07, 6.45) is -0.504. The van der Waals surface area contributed by atoms with Gasteiger partial charge in [0.15, 0.2) is 0 Å². The van der Waals surface area contributed by atoms with Gasteiger partial charge in [0, 0.05) is 12.6 Å². The molecule has 0 aliphatic rings. The summed E-state index contributed by atoms with van der Waals surface area (Å²) in [6, 6.07) is 22.2. The second kappa shape index (κ2) is 8.73. The van der Waals surface area contributed by atoms with Crippen molar-refractivity contribution >= 4 is 23.4 Å². The maximum absolute atomic E-state index is 12.6. The molecule has 4 N–H and O–H groups in total. The van der Waals surface area contributed by atoms with Gasteiger partial charge in [-0.25, -0.2) is 4.79 Å². The van der Waals surface area contributed by atoms with Crippen molar-refractivity contribution in [3.05, 3.63) is 83.9 Å². The molecule has 0 fully saturated rings. The highest BCUT2D eigenvalue weighted by atomic mass is 16.5. The Kier molecular flexibility index (Phi) is 5.91. The van der Waals surface area contributed by atoms with E-state index in [2.05, 4.69) is 10.6 Å². The SMILES string of the molecule is CNC(=O)OCc1ccc(C(=O)Nc2cc(-c3ccccc3)ccc2N)cc1. The van der Waals surface area contributed by atoms with E-state index in [-0.39, 0.29) is 12.5 Å². The molecule has 142 valence electrons. The lowest BCUT2D eigenvalue weighted by atomic mass is 10.0. The van der Waals surface area contributed by atoms with Crippen LogP contribution in [0.15, 0.2) is 72.8 Å². The Hall–Kier alpha value is -3.80. The van der Waals surface area contributed by atoms with E-state index in [0.29, 0.717) is 16.9 Å². The van der Waals surface area contributed by atoms with Gasteiger partial charge in [-0.1, -0.05) is 48.5 Å². The topological polar surface area (TPSA) is 93.4 Å². The molecule has 0 saturated heterocycles. The molecule has 0 spiro atoms. The Morgan fingerprint density at radius 3 is 2.32 bits per heavy atom. The summed E-state index contributed by atoms with van der Waals surface area (Å²) >= 11 is 0. The summed E-state index contributed by atoms with van der Waals surface area (Å²) < 4.78 is 4.98. The smallest absolute Gasteiger partial charge is 0.407 e. The van der Waals surface area contributed by atoms with Gasteiger partial charge < -0.3 is 21.1 Å². The van der Waals surface area contributed by atoms with Crippen molar-refractivity contribution in [2.45, 2.75) is 6.61 Å². The second-order valence-electron chi connectivity index (χ2n) is 6.15. The van der Waals surface area contributed by atoms with Crippen molar-refractivity contribution in [2.75, 3.05) is 18.1 Å². The molecule has 0 heterocycles. The van der Waals surface area contributed by atoms with Crippen molar-refractivity contribution in [2.24, 2.45) is 0 Å². The van der Waals surface area contributed by atoms with Crippen LogP contribution in [0.4, 0.5) is 16.2 Å². The monoisotopic (exact) mass is 375 g/mol. The predicted octanol–water partition coefficient (Wildman–Crippen LogP) is 4.04. The zero-order valence-corrected chi connectivity index (χ0v) is 15.4. The zero-order valence-electron chi connectivity index (χ0n) is 15.4. The summed E-state index contributed by atoms with van der Waals surface area (Å²) in [7, 11) is 1.49. The van der Waals surface area contributed by atoms with Gasteiger partial charge in [0.2, 0.25) is 0 Å². The number of nitrogens with one attached hydrogen (secondary N) is 2. The number of nitrogen functional groups attached to an aromatic ring is 1. The highest BCUT2D eigenvalue weighted by Gasteiger charge is 2.10. The molecule has 2 amide bonds. The van der Waals surface area contributed by atoms with Gasteiger partial charge in [0.1, 0.15) is 6.61 Å². The fourth-order valence-corrected chi connectivity index (χ4v) is 2.64. The standard InChI is InChI=1S/C22H21N3O3/c1-24-22(27)28-14-15-7-9-17(10-8-15)21(26)25-20-13-18(11-12-19(20)23)16-5-3-2-4-6-16/h2-13H,14,23H2,1H3,(H,24,27)(H,25,26). The highest BCUT2D eigenvalue weighted by molar-refractivity contribution is 6.06. The first kappa shape index (κ1) is 19.0. The number of benzene rings is 3. The van der Waals surface area contributed by atoms with E-state index in [0.717, 1.165) is 16.7 Å². The molecule has 3 aromatic carbocycles. The van der Waals surface area contributed by atoms with E-state index >= 15 is 0 Å². The molecule has 0 saturated carbocycles. The molecule has 0 aromatic heterocycles. The predicted molar refractivity (Wildman–Crippen MR) is 110 cm³/mol. The highest BCUT2D eigenvalue weighted by Crippen LogP contribution is 2.27. The Balaban J connectivity index is 1.71. The van der Waals surface area contributed by atoms with Gasteiger partial charge in [-0.3, -0.25) is 4.79 Å². The number of anilines is 2. The minimum atomic E-state index is -0.504. The fraction of sp³-hybridized carbons (Fsp3) is 0.0909. The Labute approximate surface area is 163 Å². The number of alkyl carbamates (subject to hydrolysis) is 1. The first-order chi connectivity index (χ1) is 13.6. The number of nitrogens with two attached hydrogens (primary N) is 1. The summed E-state index contributed by atoms with van der Waals surface area (Å²) in [4.78, 5) is 23.7. The maximum Gasteiger partial charge on any atom is 0.407 e. The van der Waals surface area contributed by atoms with Crippen molar-refractivity contribution in [3.8, 4) is 11.1 Å². The average molecular weight is 375 g/mol. The van der Waals surface area contributed by atoms with Gasteiger partial charge in [-0.2, -0.15) is 0 Å². The molecule has 0 unspecified atom stereocenters. The molecule has 0 aliphatic heterocycles. The Bertz CT molecular complexity index is 970. The zero-order chi connectivity index (χ0) is 19.9. The van der Waals surface area contributed by atoms with Gasteiger partial charge in [-0.15, -0.1) is 0 Å². The number of hydrogen-bond donors (Lipinski definition) is 3. The molecule has 6 heteroatoms. The molecule has 0 atom stereocenters. The molecule has 6 nitrogen and oxygen atoms in total. The Morgan fingerprint density at radius 2 is 1.64 bits per heavy atom. The third-order valence-corrected chi connectivity index (χ3v) is 4.20. The maximum atomic E-state index is 12.6. The summed E-state index contributed by atoms with van der Waals surface area (Å²) in [5, 5.41) is 5.23. The van der Waals surface area contributed by atoms with Crippen molar-refractivity contribution in [3.63, 3.8) is 0 Å². The number of rotatable bonds is 5. The molecular weight excluding hydrogens is 354 g/mol. The minimum absolute atomic E-state index is 0.133. The molecule has 0 radical (unpaired) electrons. The fourth-order valence-electron chi connectivity index (χ4n) is 2.64. The number of ether oxygens (including phenoxy) is 1. The van der Waals surface area contributed by atoms with Gasteiger partial charge in [-0.05, 0) is 41.0 Å². The lowest BCUT2D eigenvalue weighted by Crippen LogP contribution is -2.18. The number of carbonyl (C=O) groups is 2. The number of amides is 2. The number of hydrogen-bond acceptors (Lipinski definition) is 4. The van der Waals surface area contributed by atoms with Gasteiger partial charge in [0.05, 0.1) is 11.4 Å². The molecule has 0 bridgehead atoms. The van der Waals surface area contributed by atoms with E-state index in [1.165, 1.54) is 7.05 Å². The quantitative estimate of drug-likeness (QED) is 0.587. The molecule has 28 heavy (non-hydrogen) atoms. The lowest BCUT2D eigenvalue weighted by molar-refractivity contribution is 0.102. The minimum Gasteiger partial charge on any atom is -0.445 e. The molecule has 3 aromatic rings. The normalized spacial score (nSPS) is 10.2. The summed E-state index contributed by atoms with van der Waals surface area (Å²) in [5.74, 6) is -0.268. The second-order valence-corrected chi connectivity index (χ2v) is 6.15. The van der Waals surface area contributed by atoms with Crippen LogP contribution in [0.25, 0.3) is 11.1 Å². The third kappa shape index (κ3) is 4.67. The lowest BCUT2D eigenvalue weighted by Gasteiger charge is -2.11. The van der Waals surface area contributed by atoms with Crippen LogP contribution in [0.2, 0.25) is 0 Å². The molecular formula is C22H21N3O3. The Morgan fingerprint density at radius 1 is 0.929 bits per heavy atom. The summed E-state index contributed by atoms with van der Waals surface area (Å²) in [6.45, 7) is 0.133. The van der Waals surface area contributed by atoms with Gasteiger partial charge in [0.25, 0.3) is 5.91 Å². The van der Waals surface area contributed by atoms with Crippen LogP contribution in [0.3, 0.4) is 0 Å². The van der Waals surface area contributed by atoms with E-state index in [1.54, 1.807) is 30.3 Å². The van der Waals surface area contributed by atoms with Gasteiger partial charge >= 0.3 is 6.09 Å². The average Bonchev–Trinajstić information content (AvgIpc) is 2.74. The van der Waals surface area contributed by atoms with Crippen molar-refractivity contribution in [1.82, 2.24) is 5.32 Å². The van der Waals surface area contributed by atoms with E-state index < -0.39 is 6.09 Å².